The van der Waals surface area contributed by atoms with Crippen molar-refractivity contribution in [2.75, 3.05) is 27.2 Å². The highest BCUT2D eigenvalue weighted by Gasteiger charge is 2.25. The highest BCUT2D eigenvalue weighted by Crippen LogP contribution is 2.31. The number of aliphatic carboxylic acids is 2. The Labute approximate surface area is 214 Å². The summed E-state index contributed by atoms with van der Waals surface area (Å²) in [6, 6.07) is 6.71. The third-order valence-electron chi connectivity index (χ3n) is 5.74. The molecule has 1 saturated carbocycles. The number of carboxylic acid groups (broad SMARTS) is 2. The number of carboxylic acids is 2. The number of rotatable bonds is 13. The van der Waals surface area contributed by atoms with Crippen LogP contribution in [-0.2, 0) is 14.4 Å². The molecule has 2 N–H and O–H groups in total. The summed E-state index contributed by atoms with van der Waals surface area (Å²) >= 11 is 0. The van der Waals surface area contributed by atoms with Gasteiger partial charge in [-0.05, 0) is 69.1 Å². The van der Waals surface area contributed by atoms with Crippen LogP contribution in [0.4, 0.5) is 4.39 Å². The molecular formula is C28H41FN2O5. The van der Waals surface area contributed by atoms with Crippen molar-refractivity contribution in [3.05, 3.63) is 53.4 Å². The normalized spacial score (nSPS) is 17.9. The van der Waals surface area contributed by atoms with Crippen molar-refractivity contribution in [1.29, 1.82) is 0 Å². The van der Waals surface area contributed by atoms with E-state index in [1.54, 1.807) is 0 Å². The Bertz CT molecular complexity index is 862. The van der Waals surface area contributed by atoms with Crippen LogP contribution in [0.1, 0.15) is 70.3 Å². The third kappa shape index (κ3) is 14.4. The van der Waals surface area contributed by atoms with Crippen LogP contribution in [0.2, 0.25) is 0 Å². The predicted molar refractivity (Wildman–Crippen MR) is 141 cm³/mol. The monoisotopic (exact) mass is 504 g/mol. The summed E-state index contributed by atoms with van der Waals surface area (Å²) in [7, 11) is 4.08. The van der Waals surface area contributed by atoms with E-state index in [0.29, 0.717) is 24.7 Å². The summed E-state index contributed by atoms with van der Waals surface area (Å²) in [5, 5.41) is 20.2. The molecule has 1 aliphatic carbocycles. The molecule has 1 aromatic rings. The number of benzene rings is 1. The average Bonchev–Trinajstić information content (AvgIpc) is 2.83. The van der Waals surface area contributed by atoms with E-state index >= 15 is 0 Å². The molecule has 1 fully saturated rings. The van der Waals surface area contributed by atoms with E-state index in [1.165, 1.54) is 69.1 Å². The van der Waals surface area contributed by atoms with Gasteiger partial charge in [0.15, 0.2) is 0 Å². The molecule has 0 radical (unpaired) electrons. The maximum absolute atomic E-state index is 13.2. The van der Waals surface area contributed by atoms with Gasteiger partial charge in [0.2, 0.25) is 0 Å². The molecule has 0 spiro atoms. The molecule has 1 atom stereocenters. The molecule has 0 bridgehead atoms. The minimum atomic E-state index is -1.26. The number of oxime groups is 1. The number of halogens is 1. The van der Waals surface area contributed by atoms with Gasteiger partial charge in [-0.1, -0.05) is 56.3 Å². The second-order valence-corrected chi connectivity index (χ2v) is 9.14. The number of hydrogen-bond acceptors (Lipinski definition) is 5. The van der Waals surface area contributed by atoms with Crippen molar-refractivity contribution in [2.24, 2.45) is 11.1 Å². The zero-order chi connectivity index (χ0) is 26.8. The maximum atomic E-state index is 13.2. The zero-order valence-electron chi connectivity index (χ0n) is 21.8. The Balaban J connectivity index is 0.000000697. The summed E-state index contributed by atoms with van der Waals surface area (Å²) in [6.07, 6.45) is 14.3. The Hall–Kier alpha value is -3.00. The van der Waals surface area contributed by atoms with Crippen LogP contribution in [0, 0.1) is 11.7 Å². The van der Waals surface area contributed by atoms with Gasteiger partial charge in [-0.15, -0.1) is 0 Å². The summed E-state index contributed by atoms with van der Waals surface area (Å²) in [6.45, 7) is 3.71. The van der Waals surface area contributed by atoms with Crippen LogP contribution < -0.4 is 0 Å². The van der Waals surface area contributed by atoms with Crippen molar-refractivity contribution >= 4 is 23.7 Å². The molecule has 0 aromatic heterocycles. The van der Waals surface area contributed by atoms with Gasteiger partial charge in [0.1, 0.15) is 12.4 Å². The molecular weight excluding hydrogens is 463 g/mol. The average molecular weight is 505 g/mol. The van der Waals surface area contributed by atoms with E-state index in [9.17, 15) is 14.0 Å². The Morgan fingerprint density at radius 3 is 2.31 bits per heavy atom. The molecule has 0 aliphatic heterocycles. The summed E-state index contributed by atoms with van der Waals surface area (Å²) in [5.41, 5.74) is 3.40. The first-order chi connectivity index (χ1) is 17.2. The topological polar surface area (TPSA) is 99.4 Å². The maximum Gasteiger partial charge on any atom is 0.328 e. The van der Waals surface area contributed by atoms with Crippen LogP contribution in [0.15, 0.2) is 47.1 Å². The van der Waals surface area contributed by atoms with Crippen molar-refractivity contribution in [3.8, 4) is 0 Å². The van der Waals surface area contributed by atoms with Crippen LogP contribution >= 0.6 is 0 Å². The van der Waals surface area contributed by atoms with Crippen LogP contribution in [0.25, 0.3) is 6.08 Å². The van der Waals surface area contributed by atoms with Gasteiger partial charge < -0.3 is 20.0 Å². The molecule has 2 rings (SSSR count). The molecule has 200 valence electrons. The van der Waals surface area contributed by atoms with E-state index in [2.05, 4.69) is 23.1 Å². The van der Waals surface area contributed by atoms with Gasteiger partial charge in [0.25, 0.3) is 0 Å². The van der Waals surface area contributed by atoms with E-state index in [-0.39, 0.29) is 5.82 Å². The molecule has 7 nitrogen and oxygen atoms in total. The lowest BCUT2D eigenvalue weighted by atomic mass is 9.80. The highest BCUT2D eigenvalue weighted by molar-refractivity contribution is 6.05. The minimum absolute atomic E-state index is 0.198. The predicted octanol–water partition coefficient (Wildman–Crippen LogP) is 6.02. The van der Waals surface area contributed by atoms with Gasteiger partial charge in [-0.25, -0.2) is 14.0 Å². The fourth-order valence-electron chi connectivity index (χ4n) is 3.86. The van der Waals surface area contributed by atoms with Crippen molar-refractivity contribution in [1.82, 2.24) is 4.90 Å². The fourth-order valence-corrected chi connectivity index (χ4v) is 3.86. The number of nitrogens with zero attached hydrogens (tertiary/aromatic N) is 2. The molecule has 1 aromatic carbocycles. The van der Waals surface area contributed by atoms with Crippen molar-refractivity contribution < 1.29 is 29.0 Å². The van der Waals surface area contributed by atoms with Gasteiger partial charge in [0.05, 0.1) is 5.71 Å². The second-order valence-electron chi connectivity index (χ2n) is 9.14. The lowest BCUT2D eigenvalue weighted by Gasteiger charge is -2.26. The van der Waals surface area contributed by atoms with E-state index in [4.69, 9.17) is 15.1 Å². The number of unbranched alkanes of at least 4 members (excludes halogenated alkanes) is 4. The number of likely N-dealkylation sites (N-methyl/N-ethyl adjacent to an activating group) is 1. The first-order valence-electron chi connectivity index (χ1n) is 12.7. The minimum Gasteiger partial charge on any atom is -0.478 e. The third-order valence-corrected chi connectivity index (χ3v) is 5.74. The lowest BCUT2D eigenvalue weighted by molar-refractivity contribution is -0.134. The number of allylic oxidation sites excluding steroid dienone is 1. The number of hydrogen-bond donors (Lipinski definition) is 2. The van der Waals surface area contributed by atoms with Crippen molar-refractivity contribution in [3.63, 3.8) is 0 Å². The fraction of sp³-hybridized carbons (Fsp3) is 0.536. The zero-order valence-corrected chi connectivity index (χ0v) is 21.8. The molecule has 0 heterocycles. The Morgan fingerprint density at radius 1 is 1.08 bits per heavy atom. The molecule has 0 saturated heterocycles. The first kappa shape index (κ1) is 31.0. The Morgan fingerprint density at radius 2 is 1.72 bits per heavy atom. The van der Waals surface area contributed by atoms with Gasteiger partial charge in [-0.2, -0.15) is 0 Å². The van der Waals surface area contributed by atoms with Gasteiger partial charge in [0, 0.05) is 24.6 Å². The van der Waals surface area contributed by atoms with E-state index in [0.717, 1.165) is 24.2 Å². The van der Waals surface area contributed by atoms with Crippen LogP contribution in [-0.4, -0.2) is 60.0 Å². The summed E-state index contributed by atoms with van der Waals surface area (Å²) in [4.78, 5) is 26.9. The summed E-state index contributed by atoms with van der Waals surface area (Å²) in [5.74, 6) is -2.24. The molecule has 1 aliphatic rings. The molecule has 36 heavy (non-hydrogen) atoms. The highest BCUT2D eigenvalue weighted by atomic mass is 19.1. The largest absolute Gasteiger partial charge is 0.478 e. The standard InChI is InChI=1S/C24H37FN2O.C4H4O4/c1-4-5-6-7-8-10-21-11-9-12-22(19-20-13-15-23(25)16-14-20)24(21)26-28-18-17-27(2)3;5-3(6)1-2-4(7)8/h13-16,19,21H,4-12,17-18H2,1-3H3;1-2H,(H,5,6)(H,7,8)/b22-19+,26-24+;2-1+. The lowest BCUT2D eigenvalue weighted by Crippen LogP contribution is -2.23. The van der Waals surface area contributed by atoms with Gasteiger partial charge in [-0.3, -0.25) is 0 Å². The molecule has 8 heteroatoms. The quantitative estimate of drug-likeness (QED) is 0.194. The van der Waals surface area contributed by atoms with Crippen LogP contribution in [0.3, 0.4) is 0 Å². The second kappa shape index (κ2) is 18.3. The smallest absolute Gasteiger partial charge is 0.328 e. The van der Waals surface area contributed by atoms with Crippen molar-refractivity contribution in [2.45, 2.75) is 64.7 Å². The van der Waals surface area contributed by atoms with E-state index in [1.807, 2.05) is 26.2 Å². The van der Waals surface area contributed by atoms with E-state index < -0.39 is 11.9 Å². The number of carbonyl (C=O) groups is 2. The molecule has 0 amide bonds. The van der Waals surface area contributed by atoms with Gasteiger partial charge >= 0.3 is 11.9 Å². The first-order valence-corrected chi connectivity index (χ1v) is 12.7. The molecule has 1 unspecified atom stereocenters. The Kier molecular flexibility index (Phi) is 15.8. The SMILES string of the molecule is CCCCCCCC1CCCC(=C\c2ccc(F)cc2)/C1=N/OCCN(C)C.O=C(O)/C=C/C(=O)O. The summed E-state index contributed by atoms with van der Waals surface area (Å²) < 4.78 is 13.2. The van der Waals surface area contributed by atoms with Crippen LogP contribution in [0.5, 0.6) is 0 Å².